The Balaban J connectivity index is 1.43. The highest BCUT2D eigenvalue weighted by atomic mass is 35.5. The first kappa shape index (κ1) is 24.5. The Kier molecular flexibility index (Phi) is 6.81. The molecule has 11 heteroatoms. The van der Waals surface area contributed by atoms with Gasteiger partial charge in [0.1, 0.15) is 0 Å². The number of nitrogens with one attached hydrogen (secondary N) is 2. The minimum absolute atomic E-state index is 0.118. The summed E-state index contributed by atoms with van der Waals surface area (Å²) in [5, 5.41) is 15.3. The number of ether oxygens (including phenoxy) is 1. The molecule has 1 fully saturated rings. The molecule has 0 saturated carbocycles. The van der Waals surface area contributed by atoms with E-state index in [1.165, 1.54) is 12.1 Å². The van der Waals surface area contributed by atoms with E-state index in [4.69, 9.17) is 16.3 Å². The standard InChI is InChI=1S/C25H26ClF3N6O/c1-16(20-13-17(26)5-6-21(20)25(27,28)29)35-8-7-30-24-22(35)15-23(32-33-24)31-18-3-2-4-19(14-18)34-9-11-36-12-10-34/h2-6,13-16H,7-12H2,1H3,(H,30,33)(H,31,32)/t16-/m1/s1. The molecule has 3 heterocycles. The van der Waals surface area contributed by atoms with E-state index < -0.39 is 17.8 Å². The first-order chi connectivity index (χ1) is 17.3. The number of halogens is 4. The molecule has 0 aliphatic carbocycles. The summed E-state index contributed by atoms with van der Waals surface area (Å²) < 4.78 is 46.7. The number of anilines is 5. The largest absolute Gasteiger partial charge is 0.416 e. The highest BCUT2D eigenvalue weighted by molar-refractivity contribution is 6.30. The van der Waals surface area contributed by atoms with Crippen molar-refractivity contribution in [1.29, 1.82) is 0 Å². The maximum atomic E-state index is 13.8. The van der Waals surface area contributed by atoms with Gasteiger partial charge >= 0.3 is 6.18 Å². The van der Waals surface area contributed by atoms with E-state index in [0.717, 1.165) is 30.5 Å². The summed E-state index contributed by atoms with van der Waals surface area (Å²) in [4.78, 5) is 4.15. The van der Waals surface area contributed by atoms with Crippen LogP contribution < -0.4 is 20.4 Å². The van der Waals surface area contributed by atoms with E-state index in [2.05, 4.69) is 25.7 Å². The predicted molar refractivity (Wildman–Crippen MR) is 135 cm³/mol. The third-order valence-electron chi connectivity index (χ3n) is 6.46. The molecule has 0 unspecified atom stereocenters. The lowest BCUT2D eigenvalue weighted by Gasteiger charge is -2.37. The van der Waals surface area contributed by atoms with Gasteiger partial charge in [-0.1, -0.05) is 17.7 Å². The molecule has 1 atom stereocenters. The molecule has 2 aliphatic rings. The van der Waals surface area contributed by atoms with E-state index in [9.17, 15) is 13.2 Å². The van der Waals surface area contributed by atoms with Crippen molar-refractivity contribution < 1.29 is 17.9 Å². The van der Waals surface area contributed by atoms with Crippen LogP contribution in [0, 0.1) is 0 Å². The van der Waals surface area contributed by atoms with Crippen LogP contribution in [-0.4, -0.2) is 49.6 Å². The van der Waals surface area contributed by atoms with E-state index in [-0.39, 0.29) is 10.6 Å². The van der Waals surface area contributed by atoms with E-state index in [1.807, 2.05) is 35.2 Å². The normalized spacial score (nSPS) is 16.8. The molecule has 5 rings (SSSR count). The van der Waals surface area contributed by atoms with Gasteiger partial charge in [-0.2, -0.15) is 13.2 Å². The van der Waals surface area contributed by atoms with Crippen LogP contribution in [0.4, 0.5) is 41.9 Å². The fourth-order valence-corrected chi connectivity index (χ4v) is 4.84. The Morgan fingerprint density at radius 2 is 1.86 bits per heavy atom. The number of hydrogen-bond donors (Lipinski definition) is 2. The molecular formula is C25H26ClF3N6O. The number of rotatable bonds is 5. The van der Waals surface area contributed by atoms with Gasteiger partial charge in [-0.25, -0.2) is 0 Å². The first-order valence-electron chi connectivity index (χ1n) is 11.7. The second kappa shape index (κ2) is 10.0. The zero-order valence-electron chi connectivity index (χ0n) is 19.6. The molecule has 190 valence electrons. The molecule has 2 aliphatic heterocycles. The van der Waals surface area contributed by atoms with Gasteiger partial charge in [0.25, 0.3) is 0 Å². The fourth-order valence-electron chi connectivity index (χ4n) is 4.66. The van der Waals surface area contributed by atoms with Gasteiger partial charge in [-0.15, -0.1) is 10.2 Å². The molecular weight excluding hydrogens is 493 g/mol. The lowest BCUT2D eigenvalue weighted by molar-refractivity contribution is -0.138. The molecule has 1 aromatic heterocycles. The number of morpholine rings is 1. The zero-order chi connectivity index (χ0) is 25.3. The smallest absolute Gasteiger partial charge is 0.378 e. The van der Waals surface area contributed by atoms with Crippen molar-refractivity contribution in [2.75, 3.05) is 59.8 Å². The van der Waals surface area contributed by atoms with E-state index in [0.29, 0.717) is 43.6 Å². The number of nitrogens with zero attached hydrogens (tertiary/aromatic N) is 4. The van der Waals surface area contributed by atoms with Crippen molar-refractivity contribution in [2.45, 2.75) is 19.1 Å². The second-order valence-electron chi connectivity index (χ2n) is 8.76. The Labute approximate surface area is 212 Å². The number of fused-ring (bicyclic) bond motifs is 1. The summed E-state index contributed by atoms with van der Waals surface area (Å²) in [6.45, 7) is 5.80. The van der Waals surface area contributed by atoms with Gasteiger partial charge in [-0.05, 0) is 48.9 Å². The molecule has 2 N–H and O–H groups in total. The Morgan fingerprint density at radius 3 is 2.64 bits per heavy atom. The summed E-state index contributed by atoms with van der Waals surface area (Å²) in [6, 6.07) is 12.9. The average Bonchev–Trinajstić information content (AvgIpc) is 2.88. The van der Waals surface area contributed by atoms with Crippen molar-refractivity contribution in [3.05, 3.63) is 64.7 Å². The number of aromatic nitrogens is 2. The van der Waals surface area contributed by atoms with Crippen molar-refractivity contribution in [3.63, 3.8) is 0 Å². The van der Waals surface area contributed by atoms with Gasteiger partial charge in [-0.3, -0.25) is 0 Å². The summed E-state index contributed by atoms with van der Waals surface area (Å²) in [5.41, 5.74) is 2.01. The molecule has 1 saturated heterocycles. The molecule has 2 aromatic carbocycles. The Hall–Kier alpha value is -3.24. The van der Waals surface area contributed by atoms with E-state index in [1.54, 1.807) is 6.92 Å². The van der Waals surface area contributed by atoms with Crippen LogP contribution >= 0.6 is 11.6 Å². The van der Waals surface area contributed by atoms with E-state index >= 15 is 0 Å². The maximum Gasteiger partial charge on any atom is 0.416 e. The molecule has 0 spiro atoms. The Bertz CT molecular complexity index is 1230. The highest BCUT2D eigenvalue weighted by Gasteiger charge is 2.36. The molecule has 0 bridgehead atoms. The minimum Gasteiger partial charge on any atom is -0.378 e. The first-order valence-corrected chi connectivity index (χ1v) is 12.1. The highest BCUT2D eigenvalue weighted by Crippen LogP contribution is 2.41. The summed E-state index contributed by atoms with van der Waals surface area (Å²) >= 11 is 6.09. The minimum atomic E-state index is -4.49. The zero-order valence-corrected chi connectivity index (χ0v) is 20.4. The van der Waals surface area contributed by atoms with Gasteiger partial charge < -0.3 is 25.2 Å². The van der Waals surface area contributed by atoms with Crippen molar-refractivity contribution in [3.8, 4) is 0 Å². The van der Waals surface area contributed by atoms with Gasteiger partial charge in [0.2, 0.25) is 0 Å². The number of hydrogen-bond acceptors (Lipinski definition) is 7. The third kappa shape index (κ3) is 5.15. The maximum absolute atomic E-state index is 13.8. The van der Waals surface area contributed by atoms with Crippen LogP contribution in [0.2, 0.25) is 5.02 Å². The quantitative estimate of drug-likeness (QED) is 0.447. The van der Waals surface area contributed by atoms with Crippen LogP contribution in [0.5, 0.6) is 0 Å². The fraction of sp³-hybridized carbons (Fsp3) is 0.360. The second-order valence-corrected chi connectivity index (χ2v) is 9.20. The van der Waals surface area contributed by atoms with Crippen LogP contribution in [0.1, 0.15) is 24.1 Å². The predicted octanol–water partition coefficient (Wildman–Crippen LogP) is 5.72. The van der Waals surface area contributed by atoms with Gasteiger partial charge in [0.15, 0.2) is 11.6 Å². The molecule has 0 amide bonds. The van der Waals surface area contributed by atoms with Crippen molar-refractivity contribution in [1.82, 2.24) is 10.2 Å². The molecule has 36 heavy (non-hydrogen) atoms. The van der Waals surface area contributed by atoms with Gasteiger partial charge in [0, 0.05) is 48.6 Å². The molecule has 3 aromatic rings. The van der Waals surface area contributed by atoms with Crippen LogP contribution in [0.3, 0.4) is 0 Å². The monoisotopic (exact) mass is 518 g/mol. The summed E-state index contributed by atoms with van der Waals surface area (Å²) in [7, 11) is 0. The Morgan fingerprint density at radius 1 is 1.06 bits per heavy atom. The van der Waals surface area contributed by atoms with Crippen LogP contribution in [0.25, 0.3) is 0 Å². The number of alkyl halides is 3. The lowest BCUT2D eigenvalue weighted by atomic mass is 9.98. The van der Waals surface area contributed by atoms with Crippen LogP contribution in [0.15, 0.2) is 48.5 Å². The van der Waals surface area contributed by atoms with Crippen LogP contribution in [-0.2, 0) is 10.9 Å². The lowest BCUT2D eigenvalue weighted by Crippen LogP contribution is -2.37. The van der Waals surface area contributed by atoms with Crippen molar-refractivity contribution in [2.24, 2.45) is 0 Å². The summed E-state index contributed by atoms with van der Waals surface area (Å²) in [6.07, 6.45) is -4.49. The van der Waals surface area contributed by atoms with Gasteiger partial charge in [0.05, 0.1) is 30.5 Å². The summed E-state index contributed by atoms with van der Waals surface area (Å²) in [5.74, 6) is 1.02. The van der Waals surface area contributed by atoms with Crippen molar-refractivity contribution >= 4 is 40.3 Å². The SMILES string of the molecule is C[C@H](c1cc(Cl)ccc1C(F)(F)F)N1CCNc2nnc(Nc3cccc(N4CCOCC4)c3)cc21. The molecule has 0 radical (unpaired) electrons. The molecule has 7 nitrogen and oxygen atoms in total. The number of benzene rings is 2. The average molecular weight is 519 g/mol. The third-order valence-corrected chi connectivity index (χ3v) is 6.69. The topological polar surface area (TPSA) is 65.5 Å².